The molecule has 0 bridgehead atoms. The van der Waals surface area contributed by atoms with Gasteiger partial charge in [0.2, 0.25) is 10.0 Å². The van der Waals surface area contributed by atoms with E-state index in [1.165, 1.54) is 11.3 Å². The van der Waals surface area contributed by atoms with Crippen molar-refractivity contribution in [2.75, 3.05) is 6.61 Å². The molecule has 0 radical (unpaired) electrons. The number of aliphatic hydroxyl groups excluding tert-OH is 1. The minimum absolute atomic E-state index is 0.236. The molecule has 2 aromatic rings. The van der Waals surface area contributed by atoms with Crippen LogP contribution in [0.25, 0.3) is 0 Å². The van der Waals surface area contributed by atoms with Gasteiger partial charge in [-0.15, -0.1) is 11.3 Å². The van der Waals surface area contributed by atoms with Crippen LogP contribution >= 0.6 is 11.3 Å². The molecule has 2 N–H and O–H groups in total. The number of benzene rings is 1. The molecule has 1 unspecified atom stereocenters. The number of aliphatic hydroxyl groups is 1. The molecule has 1 atom stereocenters. The van der Waals surface area contributed by atoms with Gasteiger partial charge in [0.15, 0.2) is 0 Å². The summed E-state index contributed by atoms with van der Waals surface area (Å²) >= 11 is 1.27. The van der Waals surface area contributed by atoms with Gasteiger partial charge in [-0.2, -0.15) is 0 Å². The molecule has 0 fully saturated rings. The molecule has 0 spiro atoms. The molecule has 0 aliphatic rings. The van der Waals surface area contributed by atoms with Crippen molar-refractivity contribution in [1.82, 2.24) is 4.72 Å². The van der Waals surface area contributed by atoms with Gasteiger partial charge in [0.1, 0.15) is 4.21 Å². The largest absolute Gasteiger partial charge is 0.395 e. The van der Waals surface area contributed by atoms with E-state index in [1.807, 2.05) is 43.3 Å². The fraction of sp³-hybridized carbons (Fsp3) is 0.333. The normalized spacial score (nSPS) is 13.2. The van der Waals surface area contributed by atoms with E-state index in [0.29, 0.717) is 10.6 Å². The molecular weight excluding hydrogens is 306 g/mol. The second-order valence-corrected chi connectivity index (χ2v) is 7.87. The van der Waals surface area contributed by atoms with Crippen molar-refractivity contribution in [3.8, 4) is 0 Å². The van der Waals surface area contributed by atoms with E-state index in [1.54, 1.807) is 6.07 Å². The number of rotatable bonds is 7. The van der Waals surface area contributed by atoms with Gasteiger partial charge in [-0.25, -0.2) is 13.1 Å². The van der Waals surface area contributed by atoms with Crippen LogP contribution in [0.5, 0.6) is 0 Å². The van der Waals surface area contributed by atoms with Crippen LogP contribution in [0, 0.1) is 0 Å². The molecular formula is C15H19NO3S2. The molecule has 114 valence electrons. The van der Waals surface area contributed by atoms with Gasteiger partial charge < -0.3 is 5.11 Å². The van der Waals surface area contributed by atoms with E-state index >= 15 is 0 Å². The Bertz CT molecular complexity index is 665. The molecule has 0 amide bonds. The predicted octanol–water partition coefficient (Wildman–Crippen LogP) is 2.19. The van der Waals surface area contributed by atoms with E-state index in [2.05, 4.69) is 4.72 Å². The molecule has 2 rings (SSSR count). The standard InChI is InChI=1S/C15H19NO3S2/c1-2-14-8-9-15(20-14)21(18,19)16-13(11-17)10-12-6-4-3-5-7-12/h3-9,13,16-17H,2,10-11H2,1H3. The fourth-order valence-electron chi connectivity index (χ4n) is 2.01. The van der Waals surface area contributed by atoms with E-state index in [0.717, 1.165) is 16.9 Å². The third-order valence-electron chi connectivity index (χ3n) is 3.12. The minimum atomic E-state index is -3.57. The molecule has 6 heteroatoms. The van der Waals surface area contributed by atoms with E-state index in [9.17, 15) is 13.5 Å². The maximum absolute atomic E-state index is 12.3. The quantitative estimate of drug-likeness (QED) is 0.820. The van der Waals surface area contributed by atoms with E-state index < -0.39 is 16.1 Å². The molecule has 21 heavy (non-hydrogen) atoms. The van der Waals surface area contributed by atoms with Crippen molar-refractivity contribution in [2.45, 2.75) is 30.0 Å². The third kappa shape index (κ3) is 4.38. The Morgan fingerprint density at radius 3 is 2.48 bits per heavy atom. The van der Waals surface area contributed by atoms with Crippen molar-refractivity contribution < 1.29 is 13.5 Å². The highest BCUT2D eigenvalue weighted by molar-refractivity contribution is 7.91. The second kappa shape index (κ2) is 7.17. The summed E-state index contributed by atoms with van der Waals surface area (Å²) in [6.45, 7) is 1.75. The first-order valence-electron chi connectivity index (χ1n) is 6.81. The highest BCUT2D eigenvalue weighted by Crippen LogP contribution is 2.22. The lowest BCUT2D eigenvalue weighted by atomic mass is 10.1. The Morgan fingerprint density at radius 2 is 1.90 bits per heavy atom. The Hall–Kier alpha value is -1.21. The zero-order valence-corrected chi connectivity index (χ0v) is 13.5. The summed E-state index contributed by atoms with van der Waals surface area (Å²) in [6.07, 6.45) is 1.27. The average molecular weight is 325 g/mol. The monoisotopic (exact) mass is 325 g/mol. The first-order chi connectivity index (χ1) is 10.0. The summed E-state index contributed by atoms with van der Waals surface area (Å²) in [7, 11) is -3.57. The molecule has 0 saturated heterocycles. The summed E-state index contributed by atoms with van der Waals surface area (Å²) in [5.41, 5.74) is 0.986. The van der Waals surface area contributed by atoms with Gasteiger partial charge in [0, 0.05) is 10.9 Å². The number of aryl methyl sites for hydroxylation is 1. The van der Waals surface area contributed by atoms with Gasteiger partial charge in [-0.1, -0.05) is 37.3 Å². The smallest absolute Gasteiger partial charge is 0.250 e. The molecule has 1 aromatic carbocycles. The fourth-order valence-corrected chi connectivity index (χ4v) is 4.55. The Kier molecular flexibility index (Phi) is 5.52. The first-order valence-corrected chi connectivity index (χ1v) is 9.11. The lowest BCUT2D eigenvalue weighted by Gasteiger charge is -2.15. The van der Waals surface area contributed by atoms with Crippen molar-refractivity contribution in [3.05, 3.63) is 52.9 Å². The summed E-state index contributed by atoms with van der Waals surface area (Å²) in [4.78, 5) is 1.03. The average Bonchev–Trinajstić information content (AvgIpc) is 2.97. The topological polar surface area (TPSA) is 66.4 Å². The van der Waals surface area contributed by atoms with Crippen molar-refractivity contribution >= 4 is 21.4 Å². The lowest BCUT2D eigenvalue weighted by molar-refractivity contribution is 0.256. The number of nitrogens with one attached hydrogen (secondary N) is 1. The summed E-state index contributed by atoms with van der Waals surface area (Å²) in [5.74, 6) is 0. The zero-order valence-electron chi connectivity index (χ0n) is 11.8. The Morgan fingerprint density at radius 1 is 1.19 bits per heavy atom. The van der Waals surface area contributed by atoms with Crippen LogP contribution < -0.4 is 4.72 Å². The second-order valence-electron chi connectivity index (χ2n) is 4.76. The lowest BCUT2D eigenvalue weighted by Crippen LogP contribution is -2.38. The van der Waals surface area contributed by atoms with Gasteiger partial charge in [-0.3, -0.25) is 0 Å². The summed E-state index contributed by atoms with van der Waals surface area (Å²) < 4.78 is 27.5. The Balaban J connectivity index is 2.10. The number of thiophene rings is 1. The Labute approximate surface area is 129 Å². The van der Waals surface area contributed by atoms with Crippen LogP contribution in [0.15, 0.2) is 46.7 Å². The van der Waals surface area contributed by atoms with Crippen LogP contribution in [0.4, 0.5) is 0 Å². The van der Waals surface area contributed by atoms with E-state index in [4.69, 9.17) is 0 Å². The van der Waals surface area contributed by atoms with Crippen LogP contribution in [-0.2, 0) is 22.9 Å². The minimum Gasteiger partial charge on any atom is -0.395 e. The van der Waals surface area contributed by atoms with Crippen LogP contribution in [0.1, 0.15) is 17.4 Å². The van der Waals surface area contributed by atoms with Crippen LogP contribution in [0.3, 0.4) is 0 Å². The predicted molar refractivity (Wildman–Crippen MR) is 85.0 cm³/mol. The number of sulfonamides is 1. The van der Waals surface area contributed by atoms with Crippen LogP contribution in [0.2, 0.25) is 0 Å². The van der Waals surface area contributed by atoms with Gasteiger partial charge in [0.25, 0.3) is 0 Å². The molecule has 0 aliphatic heterocycles. The summed E-state index contributed by atoms with van der Waals surface area (Å²) in [6, 6.07) is 12.4. The van der Waals surface area contributed by atoms with Crippen molar-refractivity contribution in [3.63, 3.8) is 0 Å². The van der Waals surface area contributed by atoms with Gasteiger partial charge in [-0.05, 0) is 30.5 Å². The third-order valence-corrected chi connectivity index (χ3v) is 6.36. The SMILES string of the molecule is CCc1ccc(S(=O)(=O)NC(CO)Cc2ccccc2)s1. The van der Waals surface area contributed by atoms with Gasteiger partial charge in [0.05, 0.1) is 6.61 Å². The zero-order chi connectivity index (χ0) is 15.3. The number of hydrogen-bond donors (Lipinski definition) is 2. The van der Waals surface area contributed by atoms with Crippen LogP contribution in [-0.4, -0.2) is 26.2 Å². The van der Waals surface area contributed by atoms with Crippen molar-refractivity contribution in [1.29, 1.82) is 0 Å². The molecule has 0 saturated carbocycles. The van der Waals surface area contributed by atoms with Gasteiger partial charge >= 0.3 is 0 Å². The molecule has 0 aliphatic carbocycles. The van der Waals surface area contributed by atoms with E-state index in [-0.39, 0.29) is 6.61 Å². The highest BCUT2D eigenvalue weighted by Gasteiger charge is 2.21. The number of hydrogen-bond acceptors (Lipinski definition) is 4. The van der Waals surface area contributed by atoms with Crippen molar-refractivity contribution in [2.24, 2.45) is 0 Å². The molecule has 1 heterocycles. The molecule has 4 nitrogen and oxygen atoms in total. The highest BCUT2D eigenvalue weighted by atomic mass is 32.2. The maximum atomic E-state index is 12.3. The molecule has 1 aromatic heterocycles. The first kappa shape index (κ1) is 16.2. The maximum Gasteiger partial charge on any atom is 0.250 e. The summed E-state index contributed by atoms with van der Waals surface area (Å²) in [5, 5.41) is 9.43.